The molecule has 18 heavy (non-hydrogen) atoms. The van der Waals surface area contributed by atoms with Crippen LogP contribution in [0.4, 0.5) is 5.69 Å². The van der Waals surface area contributed by atoms with Crippen LogP contribution in [0.1, 0.15) is 17.5 Å². The van der Waals surface area contributed by atoms with Crippen molar-refractivity contribution in [3.8, 4) is 0 Å². The second-order valence-electron chi connectivity index (χ2n) is 4.48. The second kappa shape index (κ2) is 4.37. The molecule has 98 valence electrons. The van der Waals surface area contributed by atoms with E-state index in [0.717, 1.165) is 11.1 Å². The van der Waals surface area contributed by atoms with Gasteiger partial charge in [0.25, 0.3) is 0 Å². The Kier molecular flexibility index (Phi) is 3.16. The quantitative estimate of drug-likeness (QED) is 0.828. The number of sulfone groups is 1. The highest BCUT2D eigenvalue weighted by Crippen LogP contribution is 2.35. The van der Waals surface area contributed by atoms with Crippen LogP contribution in [0.2, 0.25) is 0 Å². The Morgan fingerprint density at radius 3 is 2.61 bits per heavy atom. The van der Waals surface area contributed by atoms with E-state index in [1.807, 2.05) is 6.92 Å². The predicted molar refractivity (Wildman–Crippen MR) is 69.2 cm³/mol. The molecule has 2 rings (SSSR count). The molecule has 0 aromatic heterocycles. The number of benzene rings is 1. The van der Waals surface area contributed by atoms with Gasteiger partial charge in [-0.05, 0) is 44.0 Å². The molecule has 0 spiro atoms. The maximum atomic E-state index is 12.4. The first kappa shape index (κ1) is 13.0. The highest BCUT2D eigenvalue weighted by atomic mass is 32.2. The fourth-order valence-electron chi connectivity index (χ4n) is 2.12. The first-order valence-corrected chi connectivity index (χ1v) is 7.29. The number of fused-ring (bicyclic) bond motifs is 1. The Labute approximate surface area is 106 Å². The Hall–Kier alpha value is -1.40. The van der Waals surface area contributed by atoms with E-state index in [1.165, 1.54) is 0 Å². The topological polar surface area (TPSA) is 89.3 Å². The van der Waals surface area contributed by atoms with Crippen molar-refractivity contribution in [2.24, 2.45) is 5.73 Å². The summed E-state index contributed by atoms with van der Waals surface area (Å²) in [6.45, 7) is 3.84. The standard InChI is InChI=1S/C12H16N2O3S/c1-7-3-4-9-11(8(7)2)14-12(15)10(5-6-13)18(9,16)17/h3-4,10H,5-6,13H2,1-2H3,(H,14,15). The lowest BCUT2D eigenvalue weighted by molar-refractivity contribution is -0.116. The molecule has 1 unspecified atom stereocenters. The lowest BCUT2D eigenvalue weighted by Crippen LogP contribution is -2.41. The summed E-state index contributed by atoms with van der Waals surface area (Å²) in [5.74, 6) is -0.485. The molecule has 3 N–H and O–H groups in total. The van der Waals surface area contributed by atoms with Crippen LogP contribution in [0.15, 0.2) is 17.0 Å². The van der Waals surface area contributed by atoms with Crippen LogP contribution in [-0.4, -0.2) is 26.1 Å². The largest absolute Gasteiger partial charge is 0.330 e. The Morgan fingerprint density at radius 2 is 2.00 bits per heavy atom. The molecule has 0 bridgehead atoms. The van der Waals surface area contributed by atoms with Crippen LogP contribution in [0.25, 0.3) is 0 Å². The molecule has 1 aromatic rings. The molecule has 0 fully saturated rings. The number of anilines is 1. The highest BCUT2D eigenvalue weighted by Gasteiger charge is 2.40. The second-order valence-corrected chi connectivity index (χ2v) is 6.58. The minimum atomic E-state index is -3.63. The van der Waals surface area contributed by atoms with E-state index in [0.29, 0.717) is 5.69 Å². The third kappa shape index (κ3) is 1.81. The minimum Gasteiger partial charge on any atom is -0.330 e. The number of aryl methyl sites for hydroxylation is 1. The summed E-state index contributed by atoms with van der Waals surface area (Å²) in [7, 11) is -3.63. The van der Waals surface area contributed by atoms with Crippen molar-refractivity contribution < 1.29 is 13.2 Å². The third-order valence-electron chi connectivity index (χ3n) is 3.35. The molecule has 0 saturated heterocycles. The van der Waals surface area contributed by atoms with Gasteiger partial charge in [0.15, 0.2) is 9.84 Å². The fraction of sp³-hybridized carbons (Fsp3) is 0.417. The van der Waals surface area contributed by atoms with Crippen molar-refractivity contribution in [2.75, 3.05) is 11.9 Å². The fourth-order valence-corrected chi connectivity index (χ4v) is 3.96. The summed E-state index contributed by atoms with van der Waals surface area (Å²) >= 11 is 0. The van der Waals surface area contributed by atoms with E-state index >= 15 is 0 Å². The Bertz CT molecular complexity index is 608. The molecule has 0 saturated carbocycles. The summed E-state index contributed by atoms with van der Waals surface area (Å²) < 4.78 is 24.7. The molecule has 5 nitrogen and oxygen atoms in total. The maximum Gasteiger partial charge on any atom is 0.243 e. The van der Waals surface area contributed by atoms with Gasteiger partial charge in [-0.3, -0.25) is 4.79 Å². The normalized spacial score (nSPS) is 21.3. The first-order valence-electron chi connectivity index (χ1n) is 5.74. The van der Waals surface area contributed by atoms with Crippen LogP contribution in [-0.2, 0) is 14.6 Å². The average molecular weight is 268 g/mol. The zero-order chi connectivity index (χ0) is 13.5. The van der Waals surface area contributed by atoms with E-state index < -0.39 is 21.0 Å². The Balaban J connectivity index is 2.65. The van der Waals surface area contributed by atoms with Gasteiger partial charge in [0, 0.05) is 0 Å². The van der Waals surface area contributed by atoms with Gasteiger partial charge in [-0.25, -0.2) is 8.42 Å². The van der Waals surface area contributed by atoms with Crippen LogP contribution in [0, 0.1) is 13.8 Å². The Morgan fingerprint density at radius 1 is 1.33 bits per heavy atom. The van der Waals surface area contributed by atoms with Gasteiger partial charge in [0.2, 0.25) is 5.91 Å². The number of nitrogens with two attached hydrogens (primary N) is 1. The molecule has 1 aliphatic rings. The number of rotatable bonds is 2. The molecule has 0 radical (unpaired) electrons. The monoisotopic (exact) mass is 268 g/mol. The number of hydrogen-bond donors (Lipinski definition) is 2. The summed E-state index contributed by atoms with van der Waals surface area (Å²) in [4.78, 5) is 12.1. The zero-order valence-electron chi connectivity index (χ0n) is 10.4. The summed E-state index contributed by atoms with van der Waals surface area (Å²) in [5.41, 5.74) is 7.52. The highest BCUT2D eigenvalue weighted by molar-refractivity contribution is 7.93. The zero-order valence-corrected chi connectivity index (χ0v) is 11.2. The van der Waals surface area contributed by atoms with Gasteiger partial charge < -0.3 is 11.1 Å². The molecular weight excluding hydrogens is 252 g/mol. The van der Waals surface area contributed by atoms with Crippen molar-refractivity contribution in [3.05, 3.63) is 23.3 Å². The predicted octanol–water partition coefficient (Wildman–Crippen LogP) is 0.747. The molecule has 1 heterocycles. The van der Waals surface area contributed by atoms with Crippen LogP contribution < -0.4 is 11.1 Å². The van der Waals surface area contributed by atoms with Crippen LogP contribution in [0.5, 0.6) is 0 Å². The number of hydrogen-bond acceptors (Lipinski definition) is 4. The number of nitrogens with one attached hydrogen (secondary N) is 1. The summed E-state index contributed by atoms with van der Waals surface area (Å²) in [5, 5.41) is 1.61. The summed E-state index contributed by atoms with van der Waals surface area (Å²) in [6, 6.07) is 3.30. The van der Waals surface area contributed by atoms with Gasteiger partial charge in [-0.2, -0.15) is 0 Å². The summed E-state index contributed by atoms with van der Waals surface area (Å²) in [6.07, 6.45) is 0.139. The van der Waals surface area contributed by atoms with Crippen molar-refractivity contribution in [1.29, 1.82) is 0 Å². The van der Waals surface area contributed by atoms with E-state index in [2.05, 4.69) is 5.32 Å². The minimum absolute atomic E-state index is 0.139. The van der Waals surface area contributed by atoms with Crippen LogP contribution in [0.3, 0.4) is 0 Å². The molecule has 1 aliphatic heterocycles. The molecule has 1 aromatic carbocycles. The lowest BCUT2D eigenvalue weighted by atomic mass is 10.1. The third-order valence-corrected chi connectivity index (χ3v) is 5.50. The molecule has 1 amide bonds. The number of carbonyl (C=O) groups excluding carboxylic acids is 1. The van der Waals surface area contributed by atoms with Gasteiger partial charge >= 0.3 is 0 Å². The first-order chi connectivity index (χ1) is 8.39. The van der Waals surface area contributed by atoms with Gasteiger partial charge in [0.05, 0.1) is 10.6 Å². The van der Waals surface area contributed by atoms with Gasteiger partial charge in [0.1, 0.15) is 5.25 Å². The van der Waals surface area contributed by atoms with Crippen LogP contribution >= 0.6 is 0 Å². The molecular formula is C12H16N2O3S. The molecule has 1 atom stereocenters. The van der Waals surface area contributed by atoms with E-state index in [9.17, 15) is 13.2 Å². The van der Waals surface area contributed by atoms with Crippen molar-refractivity contribution >= 4 is 21.4 Å². The number of carbonyl (C=O) groups is 1. The SMILES string of the molecule is Cc1ccc2c(c1C)NC(=O)C(CCN)S2(=O)=O. The van der Waals surface area contributed by atoms with E-state index in [-0.39, 0.29) is 17.9 Å². The average Bonchev–Trinajstić information content (AvgIpc) is 2.30. The van der Waals surface area contributed by atoms with E-state index in [4.69, 9.17) is 5.73 Å². The van der Waals surface area contributed by atoms with Crippen molar-refractivity contribution in [1.82, 2.24) is 0 Å². The smallest absolute Gasteiger partial charge is 0.243 e. The lowest BCUT2D eigenvalue weighted by Gasteiger charge is -2.26. The van der Waals surface area contributed by atoms with Crippen molar-refractivity contribution in [3.63, 3.8) is 0 Å². The van der Waals surface area contributed by atoms with Crippen molar-refractivity contribution in [2.45, 2.75) is 30.4 Å². The number of amides is 1. The van der Waals surface area contributed by atoms with Gasteiger partial charge in [-0.1, -0.05) is 6.07 Å². The molecule has 6 heteroatoms. The molecule has 0 aliphatic carbocycles. The van der Waals surface area contributed by atoms with E-state index in [1.54, 1.807) is 19.1 Å². The van der Waals surface area contributed by atoms with Gasteiger partial charge in [-0.15, -0.1) is 0 Å². The maximum absolute atomic E-state index is 12.4.